The molecule has 0 aromatic heterocycles. The first-order chi connectivity index (χ1) is 8.81. The molecule has 1 atom stereocenters. The summed E-state index contributed by atoms with van der Waals surface area (Å²) in [6.07, 6.45) is 13.3. The molecule has 19 heavy (non-hydrogen) atoms. The molecule has 0 heterocycles. The average molecular weight is 314 g/mol. The molecule has 4 heteroatoms. The highest BCUT2D eigenvalue weighted by Gasteiger charge is 1.99. The number of aliphatic hydroxyl groups excluding tert-OH is 1. The van der Waals surface area contributed by atoms with Crippen molar-refractivity contribution in [3.8, 4) is 0 Å². The Morgan fingerprint density at radius 3 is 1.84 bits per heavy atom. The molecule has 0 aliphatic carbocycles. The molecule has 118 valence electrons. The number of unbranched alkanes of at least 4 members (excludes halogenated alkanes) is 9. The first-order valence-electron chi connectivity index (χ1n) is 7.76. The Morgan fingerprint density at radius 2 is 1.37 bits per heavy atom. The minimum Gasteiger partial charge on any atom is -0.391 e. The van der Waals surface area contributed by atoms with E-state index in [9.17, 15) is 5.11 Å². The van der Waals surface area contributed by atoms with E-state index in [1.165, 1.54) is 64.2 Å². The van der Waals surface area contributed by atoms with E-state index in [0.717, 1.165) is 6.54 Å². The highest BCUT2D eigenvalue weighted by atomic mass is 35.5. The van der Waals surface area contributed by atoms with Crippen LogP contribution in [0.4, 0.5) is 0 Å². The second-order valence-electron chi connectivity index (χ2n) is 5.19. The monoisotopic (exact) mass is 313 g/mol. The lowest BCUT2D eigenvalue weighted by Crippen LogP contribution is -2.28. The van der Waals surface area contributed by atoms with Crippen molar-refractivity contribution in [3.05, 3.63) is 0 Å². The van der Waals surface area contributed by atoms with E-state index in [0.29, 0.717) is 12.4 Å². The average Bonchev–Trinajstić information content (AvgIpc) is 2.39. The van der Waals surface area contributed by atoms with Gasteiger partial charge in [-0.25, -0.2) is 0 Å². The number of halogens is 2. The van der Waals surface area contributed by atoms with Gasteiger partial charge in [0.05, 0.1) is 6.10 Å². The number of hydrogen-bond acceptors (Lipinski definition) is 2. The number of hydrogen-bond donors (Lipinski definition) is 2. The standard InChI is InChI=1S/C15H32ClNO.ClH/c1-2-3-4-5-6-7-8-9-10-11-12-17-14-15(18)13-16;/h15,17-18H,2-14H2,1H3;1H. The molecular formula is C15H33Cl2NO. The SMILES string of the molecule is CCCCCCCCCCCCNCC(O)CCl.Cl. The maximum Gasteiger partial charge on any atom is 0.0799 e. The van der Waals surface area contributed by atoms with Crippen LogP contribution < -0.4 is 5.32 Å². The van der Waals surface area contributed by atoms with Crippen molar-refractivity contribution in [2.24, 2.45) is 0 Å². The molecule has 0 fully saturated rings. The van der Waals surface area contributed by atoms with Crippen LogP contribution in [0.3, 0.4) is 0 Å². The lowest BCUT2D eigenvalue weighted by molar-refractivity contribution is 0.194. The lowest BCUT2D eigenvalue weighted by atomic mass is 10.1. The Morgan fingerprint density at radius 1 is 0.895 bits per heavy atom. The molecule has 0 aliphatic rings. The van der Waals surface area contributed by atoms with Crippen molar-refractivity contribution >= 4 is 24.0 Å². The summed E-state index contributed by atoms with van der Waals surface area (Å²) in [6.45, 7) is 3.89. The third-order valence-corrected chi connectivity index (χ3v) is 3.62. The largest absolute Gasteiger partial charge is 0.391 e. The van der Waals surface area contributed by atoms with E-state index in [-0.39, 0.29) is 12.4 Å². The highest BCUT2D eigenvalue weighted by molar-refractivity contribution is 6.18. The fourth-order valence-corrected chi connectivity index (χ4v) is 2.17. The summed E-state index contributed by atoms with van der Waals surface area (Å²) < 4.78 is 0. The Bertz CT molecular complexity index is 159. The molecule has 0 rings (SSSR count). The predicted molar refractivity (Wildman–Crippen MR) is 88.7 cm³/mol. The zero-order valence-corrected chi connectivity index (χ0v) is 14.1. The first kappa shape index (κ1) is 21.8. The van der Waals surface area contributed by atoms with Crippen LogP contribution in [0.2, 0.25) is 0 Å². The van der Waals surface area contributed by atoms with Gasteiger partial charge in [0.15, 0.2) is 0 Å². The third-order valence-electron chi connectivity index (χ3n) is 3.27. The van der Waals surface area contributed by atoms with Crippen molar-refractivity contribution in [2.75, 3.05) is 19.0 Å². The van der Waals surface area contributed by atoms with Crippen LogP contribution in [0, 0.1) is 0 Å². The zero-order chi connectivity index (χ0) is 13.5. The lowest BCUT2D eigenvalue weighted by Gasteiger charge is -2.08. The molecule has 0 aliphatic heterocycles. The van der Waals surface area contributed by atoms with Crippen LogP contribution in [-0.4, -0.2) is 30.2 Å². The number of alkyl halides is 1. The molecule has 2 nitrogen and oxygen atoms in total. The highest BCUT2D eigenvalue weighted by Crippen LogP contribution is 2.10. The Labute approximate surface area is 131 Å². The third kappa shape index (κ3) is 18.5. The molecule has 0 saturated carbocycles. The van der Waals surface area contributed by atoms with Crippen LogP contribution in [0.15, 0.2) is 0 Å². The van der Waals surface area contributed by atoms with E-state index in [1.54, 1.807) is 0 Å². The van der Waals surface area contributed by atoms with Gasteiger partial charge in [-0.3, -0.25) is 0 Å². The molecule has 0 amide bonds. The van der Waals surface area contributed by atoms with Crippen molar-refractivity contribution in [2.45, 2.75) is 77.2 Å². The fourth-order valence-electron chi connectivity index (χ4n) is 2.06. The summed E-state index contributed by atoms with van der Waals surface area (Å²) in [5, 5.41) is 12.5. The van der Waals surface area contributed by atoms with Gasteiger partial charge < -0.3 is 10.4 Å². The smallest absolute Gasteiger partial charge is 0.0799 e. The molecular weight excluding hydrogens is 281 g/mol. The second kappa shape index (κ2) is 18.5. The van der Waals surface area contributed by atoms with Gasteiger partial charge >= 0.3 is 0 Å². The van der Waals surface area contributed by atoms with Crippen molar-refractivity contribution < 1.29 is 5.11 Å². The Balaban J connectivity index is 0. The van der Waals surface area contributed by atoms with Crippen molar-refractivity contribution in [1.82, 2.24) is 5.32 Å². The van der Waals surface area contributed by atoms with Crippen LogP contribution in [-0.2, 0) is 0 Å². The summed E-state index contributed by atoms with van der Waals surface area (Å²) in [6, 6.07) is 0. The quantitative estimate of drug-likeness (QED) is 0.365. The van der Waals surface area contributed by atoms with E-state index in [1.807, 2.05) is 0 Å². The van der Waals surface area contributed by atoms with Gasteiger partial charge in [-0.05, 0) is 13.0 Å². The topological polar surface area (TPSA) is 32.3 Å². The van der Waals surface area contributed by atoms with Crippen LogP contribution in [0.25, 0.3) is 0 Å². The minimum absolute atomic E-state index is 0. The van der Waals surface area contributed by atoms with Crippen molar-refractivity contribution in [1.29, 1.82) is 0 Å². The van der Waals surface area contributed by atoms with Gasteiger partial charge in [-0.2, -0.15) is 0 Å². The van der Waals surface area contributed by atoms with Crippen molar-refractivity contribution in [3.63, 3.8) is 0 Å². The maximum absolute atomic E-state index is 9.22. The summed E-state index contributed by atoms with van der Waals surface area (Å²) in [5.41, 5.74) is 0. The molecule has 0 aromatic carbocycles. The van der Waals surface area contributed by atoms with E-state index in [2.05, 4.69) is 12.2 Å². The van der Waals surface area contributed by atoms with Gasteiger partial charge in [0.25, 0.3) is 0 Å². The van der Waals surface area contributed by atoms with Gasteiger partial charge in [0.2, 0.25) is 0 Å². The van der Waals surface area contributed by atoms with Gasteiger partial charge in [0, 0.05) is 12.4 Å². The van der Waals surface area contributed by atoms with E-state index in [4.69, 9.17) is 11.6 Å². The maximum atomic E-state index is 9.22. The first-order valence-corrected chi connectivity index (χ1v) is 8.29. The molecule has 0 spiro atoms. The van der Waals surface area contributed by atoms with Gasteiger partial charge in [-0.15, -0.1) is 24.0 Å². The zero-order valence-electron chi connectivity index (χ0n) is 12.5. The molecule has 2 N–H and O–H groups in total. The van der Waals surface area contributed by atoms with E-state index >= 15 is 0 Å². The Hall–Kier alpha value is 0.500. The normalized spacial score (nSPS) is 12.2. The molecule has 1 unspecified atom stereocenters. The number of nitrogens with one attached hydrogen (secondary N) is 1. The number of aliphatic hydroxyl groups is 1. The summed E-state index contributed by atoms with van der Waals surface area (Å²) in [4.78, 5) is 0. The van der Waals surface area contributed by atoms with Gasteiger partial charge in [0.1, 0.15) is 0 Å². The summed E-state index contributed by atoms with van der Waals surface area (Å²) >= 11 is 5.50. The van der Waals surface area contributed by atoms with E-state index < -0.39 is 6.10 Å². The second-order valence-corrected chi connectivity index (χ2v) is 5.50. The minimum atomic E-state index is -0.394. The predicted octanol–water partition coefficient (Wildman–Crippen LogP) is 4.52. The molecule has 0 saturated heterocycles. The Kier molecular flexibility index (Phi) is 21.2. The fraction of sp³-hybridized carbons (Fsp3) is 1.00. The van der Waals surface area contributed by atoms with Crippen LogP contribution in [0.1, 0.15) is 71.1 Å². The summed E-state index contributed by atoms with van der Waals surface area (Å²) in [5.74, 6) is 0.324. The molecule has 0 bridgehead atoms. The summed E-state index contributed by atoms with van der Waals surface area (Å²) in [7, 11) is 0. The van der Waals surface area contributed by atoms with Crippen LogP contribution in [0.5, 0.6) is 0 Å². The molecule has 0 aromatic rings. The number of rotatable bonds is 14. The van der Waals surface area contributed by atoms with Crippen LogP contribution >= 0.6 is 24.0 Å². The van der Waals surface area contributed by atoms with Gasteiger partial charge in [-0.1, -0.05) is 64.7 Å². The molecule has 0 radical (unpaired) electrons.